The minimum absolute atomic E-state index is 0.493. The van der Waals surface area contributed by atoms with Crippen molar-refractivity contribution in [3.05, 3.63) is 11.6 Å². The van der Waals surface area contributed by atoms with Crippen LogP contribution in [0.4, 0.5) is 0 Å². The van der Waals surface area contributed by atoms with Gasteiger partial charge in [0.2, 0.25) is 0 Å². The topological polar surface area (TPSA) is 21.6 Å². The zero-order valence-corrected chi connectivity index (χ0v) is 7.63. The Balaban J connectivity index is 3.09. The van der Waals surface area contributed by atoms with E-state index >= 15 is 0 Å². The monoisotopic (exact) mass is 155 g/mol. The van der Waals surface area contributed by atoms with Gasteiger partial charge in [-0.2, -0.15) is 0 Å². The van der Waals surface area contributed by atoms with E-state index in [2.05, 4.69) is 24.9 Å². The molecule has 64 valence electrons. The van der Waals surface area contributed by atoms with Crippen LogP contribution < -0.4 is 0 Å². The molecule has 0 spiro atoms. The number of allylic oxidation sites excluding steroid dienone is 1. The molecule has 0 aliphatic heterocycles. The van der Waals surface area contributed by atoms with E-state index in [1.807, 2.05) is 6.92 Å². The van der Waals surface area contributed by atoms with Crippen molar-refractivity contribution in [2.45, 2.75) is 27.2 Å². The Morgan fingerprint density at radius 2 is 2.18 bits per heavy atom. The average Bonchev–Trinajstić information content (AvgIpc) is 1.96. The van der Waals surface area contributed by atoms with Crippen molar-refractivity contribution in [2.75, 3.05) is 13.3 Å². The molecule has 11 heavy (non-hydrogen) atoms. The lowest BCUT2D eigenvalue weighted by Crippen LogP contribution is -1.92. The fraction of sp³-hybridized carbons (Fsp3) is 0.667. The quantitative estimate of drug-likeness (QED) is 0.339. The molecular weight excluding hydrogens is 138 g/mol. The lowest BCUT2D eigenvalue weighted by Gasteiger charge is -1.96. The fourth-order valence-electron chi connectivity index (χ4n) is 0.623. The van der Waals surface area contributed by atoms with Gasteiger partial charge in [-0.05, 0) is 33.4 Å². The Morgan fingerprint density at radius 1 is 1.45 bits per heavy atom. The van der Waals surface area contributed by atoms with Crippen molar-refractivity contribution in [1.82, 2.24) is 0 Å². The van der Waals surface area contributed by atoms with Crippen LogP contribution in [0.2, 0.25) is 0 Å². The Kier molecular flexibility index (Phi) is 7.05. The van der Waals surface area contributed by atoms with E-state index < -0.39 is 0 Å². The second kappa shape index (κ2) is 7.48. The summed E-state index contributed by atoms with van der Waals surface area (Å²) in [6.45, 7) is 7.32. The highest BCUT2D eigenvalue weighted by Gasteiger charge is 1.82. The average molecular weight is 155 g/mol. The predicted octanol–water partition coefficient (Wildman–Crippen LogP) is 2.41. The third-order valence-electron chi connectivity index (χ3n) is 1.16. The molecule has 0 aromatic rings. The van der Waals surface area contributed by atoms with Crippen molar-refractivity contribution >= 4 is 6.21 Å². The van der Waals surface area contributed by atoms with Crippen LogP contribution in [0.1, 0.15) is 27.2 Å². The van der Waals surface area contributed by atoms with E-state index in [9.17, 15) is 0 Å². The molecule has 0 aromatic heterocycles. The summed E-state index contributed by atoms with van der Waals surface area (Å²) >= 11 is 0. The first-order chi connectivity index (χ1) is 5.27. The summed E-state index contributed by atoms with van der Waals surface area (Å²) in [6.07, 6.45) is 4.90. The van der Waals surface area contributed by atoms with E-state index in [0.29, 0.717) is 6.73 Å². The van der Waals surface area contributed by atoms with Gasteiger partial charge in [-0.3, -0.25) is 4.99 Å². The Bertz CT molecular complexity index is 134. The molecule has 0 radical (unpaired) electrons. The molecule has 0 atom stereocenters. The minimum atomic E-state index is 0.493. The summed E-state index contributed by atoms with van der Waals surface area (Å²) in [5, 5.41) is 0. The van der Waals surface area contributed by atoms with E-state index in [4.69, 9.17) is 4.74 Å². The van der Waals surface area contributed by atoms with E-state index in [1.165, 1.54) is 5.57 Å². The second-order valence-electron chi connectivity index (χ2n) is 2.55. The van der Waals surface area contributed by atoms with Crippen LogP contribution in [0.3, 0.4) is 0 Å². The van der Waals surface area contributed by atoms with Gasteiger partial charge in [-0.25, -0.2) is 0 Å². The van der Waals surface area contributed by atoms with Gasteiger partial charge >= 0.3 is 0 Å². The van der Waals surface area contributed by atoms with Crippen LogP contribution in [0.15, 0.2) is 16.6 Å². The van der Waals surface area contributed by atoms with E-state index in [0.717, 1.165) is 13.0 Å². The normalized spacial score (nSPS) is 10.5. The molecule has 0 N–H and O–H groups in total. The molecule has 0 saturated carbocycles. The van der Waals surface area contributed by atoms with E-state index in [1.54, 1.807) is 6.21 Å². The van der Waals surface area contributed by atoms with Crippen molar-refractivity contribution in [3.63, 3.8) is 0 Å². The van der Waals surface area contributed by atoms with Crippen molar-refractivity contribution < 1.29 is 4.74 Å². The summed E-state index contributed by atoms with van der Waals surface area (Å²) < 4.78 is 5.18. The highest BCUT2D eigenvalue weighted by molar-refractivity contribution is 5.52. The van der Waals surface area contributed by atoms with Crippen LogP contribution in [0.5, 0.6) is 0 Å². The largest absolute Gasteiger partial charge is 0.359 e. The first-order valence-corrected chi connectivity index (χ1v) is 3.93. The maximum atomic E-state index is 5.18. The summed E-state index contributed by atoms with van der Waals surface area (Å²) in [4.78, 5) is 3.92. The summed E-state index contributed by atoms with van der Waals surface area (Å²) in [5.74, 6) is 0. The first-order valence-electron chi connectivity index (χ1n) is 3.93. The molecular formula is C9H17NO. The molecule has 0 saturated heterocycles. The molecule has 0 bridgehead atoms. The molecule has 0 aliphatic carbocycles. The molecule has 0 aromatic carbocycles. The van der Waals surface area contributed by atoms with Crippen LogP contribution >= 0.6 is 0 Å². The van der Waals surface area contributed by atoms with Gasteiger partial charge < -0.3 is 4.74 Å². The van der Waals surface area contributed by atoms with Crippen molar-refractivity contribution in [3.8, 4) is 0 Å². The SMILES string of the molecule is CC=NCOCCC=C(C)C. The third-order valence-corrected chi connectivity index (χ3v) is 1.16. The van der Waals surface area contributed by atoms with Gasteiger partial charge in [-0.1, -0.05) is 11.6 Å². The van der Waals surface area contributed by atoms with Gasteiger partial charge in [0.05, 0.1) is 6.61 Å². The Hall–Kier alpha value is -0.630. The second-order valence-corrected chi connectivity index (χ2v) is 2.55. The molecule has 2 heteroatoms. The Morgan fingerprint density at radius 3 is 2.73 bits per heavy atom. The molecule has 0 rings (SSSR count). The summed E-state index contributed by atoms with van der Waals surface area (Å²) in [6, 6.07) is 0. The van der Waals surface area contributed by atoms with Crippen LogP contribution in [0.25, 0.3) is 0 Å². The standard InChI is InChI=1S/C9H17NO/c1-4-10-8-11-7-5-6-9(2)3/h4,6H,5,7-8H2,1-3H3. The number of rotatable bonds is 5. The minimum Gasteiger partial charge on any atom is -0.359 e. The van der Waals surface area contributed by atoms with Crippen LogP contribution in [-0.2, 0) is 4.74 Å². The lowest BCUT2D eigenvalue weighted by molar-refractivity contribution is 0.147. The van der Waals surface area contributed by atoms with Crippen LogP contribution in [-0.4, -0.2) is 19.6 Å². The summed E-state index contributed by atoms with van der Waals surface area (Å²) in [7, 11) is 0. The maximum Gasteiger partial charge on any atom is 0.137 e. The van der Waals surface area contributed by atoms with Gasteiger partial charge in [0.15, 0.2) is 0 Å². The molecule has 0 fully saturated rings. The van der Waals surface area contributed by atoms with Gasteiger partial charge in [0.25, 0.3) is 0 Å². The van der Waals surface area contributed by atoms with Crippen molar-refractivity contribution in [1.29, 1.82) is 0 Å². The number of hydrogen-bond donors (Lipinski definition) is 0. The summed E-state index contributed by atoms with van der Waals surface area (Å²) in [5.41, 5.74) is 1.34. The van der Waals surface area contributed by atoms with Gasteiger partial charge in [0.1, 0.15) is 6.73 Å². The van der Waals surface area contributed by atoms with E-state index in [-0.39, 0.29) is 0 Å². The van der Waals surface area contributed by atoms with Crippen molar-refractivity contribution in [2.24, 2.45) is 4.99 Å². The fourth-order valence-corrected chi connectivity index (χ4v) is 0.623. The highest BCUT2D eigenvalue weighted by Crippen LogP contribution is 1.92. The molecule has 0 amide bonds. The zero-order chi connectivity index (χ0) is 8.53. The van der Waals surface area contributed by atoms with Crippen LogP contribution in [0, 0.1) is 0 Å². The smallest absolute Gasteiger partial charge is 0.137 e. The number of ether oxygens (including phenoxy) is 1. The van der Waals surface area contributed by atoms with Gasteiger partial charge in [-0.15, -0.1) is 0 Å². The number of aliphatic imine (C=N–C) groups is 1. The molecule has 0 heterocycles. The molecule has 0 aliphatic rings. The number of nitrogens with zero attached hydrogens (tertiary/aromatic N) is 1. The third kappa shape index (κ3) is 9.37. The lowest BCUT2D eigenvalue weighted by atomic mass is 10.3. The van der Waals surface area contributed by atoms with Gasteiger partial charge in [0, 0.05) is 0 Å². The predicted molar refractivity (Wildman–Crippen MR) is 49.0 cm³/mol. The first kappa shape index (κ1) is 10.4. The Labute approximate surface area is 69.0 Å². The molecule has 0 unspecified atom stereocenters. The number of hydrogen-bond acceptors (Lipinski definition) is 2. The maximum absolute atomic E-state index is 5.18. The molecule has 2 nitrogen and oxygen atoms in total. The highest BCUT2D eigenvalue weighted by atomic mass is 16.5. The zero-order valence-electron chi connectivity index (χ0n) is 7.63.